The molecule has 2 atom stereocenters. The predicted molar refractivity (Wildman–Crippen MR) is 261 cm³/mol. The molecule has 314 valence electrons. The zero-order valence-electron chi connectivity index (χ0n) is 35.4. The highest BCUT2D eigenvalue weighted by molar-refractivity contribution is 9.11. The van der Waals surface area contributed by atoms with Gasteiger partial charge in [0.2, 0.25) is 0 Å². The molecule has 4 aromatic heterocycles. The summed E-state index contributed by atoms with van der Waals surface area (Å²) >= 11 is 14.8. The Kier molecular flexibility index (Phi) is 17.2. The summed E-state index contributed by atoms with van der Waals surface area (Å²) in [5, 5.41) is 0. The van der Waals surface area contributed by atoms with Gasteiger partial charge in [0.1, 0.15) is 0 Å². The van der Waals surface area contributed by atoms with E-state index in [1.807, 2.05) is 9.80 Å². The number of halogens is 2. The van der Waals surface area contributed by atoms with Crippen LogP contribution in [-0.2, 0) is 22.4 Å². The number of amides is 2. The van der Waals surface area contributed by atoms with E-state index in [4.69, 9.17) is 0 Å². The highest BCUT2D eigenvalue weighted by Crippen LogP contribution is 2.51. The van der Waals surface area contributed by atoms with Crippen molar-refractivity contribution >= 4 is 100 Å². The first-order chi connectivity index (χ1) is 28.1. The van der Waals surface area contributed by atoms with Gasteiger partial charge in [-0.1, -0.05) is 106 Å². The van der Waals surface area contributed by atoms with Gasteiger partial charge >= 0.3 is 0 Å². The summed E-state index contributed by atoms with van der Waals surface area (Å²) in [4.78, 5) is 40.8. The number of hydrogen-bond acceptors (Lipinski definition) is 6. The Bertz CT molecular complexity index is 1940. The number of fused-ring (bicyclic) bond motifs is 1. The van der Waals surface area contributed by atoms with Crippen molar-refractivity contribution in [2.24, 2.45) is 11.8 Å². The first kappa shape index (κ1) is 45.7. The number of carbonyl (C=O) groups excluding carboxylic acids is 2. The molecule has 0 spiro atoms. The summed E-state index contributed by atoms with van der Waals surface area (Å²) in [5.41, 5.74) is 5.56. The topological polar surface area (TPSA) is 40.6 Å². The number of rotatable bonds is 24. The molecule has 0 bridgehead atoms. The maximum atomic E-state index is 15.0. The van der Waals surface area contributed by atoms with Gasteiger partial charge in [0.05, 0.1) is 39.9 Å². The van der Waals surface area contributed by atoms with Crippen LogP contribution in [0.5, 0.6) is 0 Å². The van der Waals surface area contributed by atoms with Crippen LogP contribution in [-0.4, -0.2) is 34.7 Å². The Hall–Kier alpha value is -1.82. The van der Waals surface area contributed by atoms with E-state index in [-0.39, 0.29) is 11.8 Å². The highest BCUT2D eigenvalue weighted by atomic mass is 79.9. The molecule has 2 aliphatic heterocycles. The Morgan fingerprint density at radius 3 is 1.26 bits per heavy atom. The van der Waals surface area contributed by atoms with Crippen molar-refractivity contribution in [3.8, 4) is 19.5 Å². The van der Waals surface area contributed by atoms with Crippen molar-refractivity contribution in [3.63, 3.8) is 0 Å². The van der Waals surface area contributed by atoms with E-state index in [9.17, 15) is 0 Å². The summed E-state index contributed by atoms with van der Waals surface area (Å²) in [6, 6.07) is 13.4. The fourth-order valence-corrected chi connectivity index (χ4v) is 14.3. The number of aryl methyl sites for hydroxylation is 2. The van der Waals surface area contributed by atoms with Crippen molar-refractivity contribution in [2.75, 3.05) is 13.1 Å². The van der Waals surface area contributed by atoms with Crippen LogP contribution in [0.25, 0.3) is 30.9 Å². The van der Waals surface area contributed by atoms with Crippen LogP contribution in [0.1, 0.15) is 152 Å². The minimum atomic E-state index is -0.0275. The molecule has 58 heavy (non-hydrogen) atoms. The maximum Gasteiger partial charge on any atom is 0.261 e. The van der Waals surface area contributed by atoms with Gasteiger partial charge in [-0.05, 0) is 130 Å². The number of thiophene rings is 4. The zero-order chi connectivity index (χ0) is 41.3. The van der Waals surface area contributed by atoms with Crippen LogP contribution >= 0.6 is 77.2 Å². The molecule has 4 aromatic rings. The molecule has 10 heteroatoms. The average molecular weight is 987 g/mol. The molecule has 0 N–H and O–H groups in total. The molecule has 2 aliphatic rings. The number of unbranched alkanes of at least 4 members (excludes halogenated alkanes) is 8. The smallest absolute Gasteiger partial charge is 0.261 e. The SMILES string of the molecule is CCCCCCCc1cc(-c2ccc(C3=C4C(=O)N(CC(C)CCC)C(c5ccc(-c6cc(CCCCCCC)c(Br)s6)s5)=C4C(=O)N3CC(C)CCC)s2)sc1Br. The monoisotopic (exact) mass is 984 g/mol. The largest absolute Gasteiger partial charge is 0.306 e. The van der Waals surface area contributed by atoms with Gasteiger partial charge in [0, 0.05) is 32.6 Å². The third-order valence-corrected chi connectivity index (χ3v) is 18.0. The van der Waals surface area contributed by atoms with Crippen LogP contribution in [0, 0.1) is 11.8 Å². The van der Waals surface area contributed by atoms with Gasteiger partial charge in [-0.3, -0.25) is 9.59 Å². The van der Waals surface area contributed by atoms with E-state index in [1.165, 1.54) is 102 Å². The maximum absolute atomic E-state index is 15.0. The van der Waals surface area contributed by atoms with Crippen LogP contribution in [0.15, 0.2) is 55.1 Å². The van der Waals surface area contributed by atoms with Crippen LogP contribution in [0.4, 0.5) is 0 Å². The second-order valence-electron chi connectivity index (χ2n) is 16.5. The summed E-state index contributed by atoms with van der Waals surface area (Å²) in [5.74, 6) is 0.560. The molecule has 0 radical (unpaired) electrons. The van der Waals surface area contributed by atoms with Crippen LogP contribution < -0.4 is 0 Å². The van der Waals surface area contributed by atoms with Gasteiger partial charge in [-0.15, -0.1) is 45.3 Å². The second kappa shape index (κ2) is 21.8. The van der Waals surface area contributed by atoms with E-state index >= 15 is 9.59 Å². The first-order valence-corrected chi connectivity index (χ1v) is 26.8. The van der Waals surface area contributed by atoms with Gasteiger partial charge in [-0.2, -0.15) is 0 Å². The van der Waals surface area contributed by atoms with Crippen LogP contribution in [0.3, 0.4) is 0 Å². The molecule has 0 aromatic carbocycles. The predicted octanol–water partition coefficient (Wildman–Crippen LogP) is 16.5. The van der Waals surface area contributed by atoms with Crippen molar-refractivity contribution < 1.29 is 9.59 Å². The standard InChI is InChI=1S/C48H62Br2N2O2S4/c1-7-11-13-15-17-21-33-27-39(57-45(33)49)35-23-25-37(55-35)43-41-42(48(54)51(43)29-31(5)19-9-3)44(52(47(41)53)30-32(6)20-10-4)38-26-24-36(56-38)40-28-34(46(50)58-40)22-18-16-14-12-8-2/h23-28,31-32H,7-22,29-30H2,1-6H3. The molecule has 0 saturated carbocycles. The average Bonchev–Trinajstić information content (AvgIpc) is 4.06. The van der Waals surface area contributed by atoms with E-state index < -0.39 is 0 Å². The number of nitrogens with zero attached hydrogens (tertiary/aromatic N) is 2. The van der Waals surface area contributed by atoms with E-state index in [1.54, 1.807) is 45.3 Å². The lowest BCUT2D eigenvalue weighted by Gasteiger charge is -2.27. The molecule has 6 rings (SSSR count). The fourth-order valence-electron chi connectivity index (χ4n) is 8.48. The molecule has 4 nitrogen and oxygen atoms in total. The van der Waals surface area contributed by atoms with Crippen molar-refractivity contribution in [2.45, 2.75) is 144 Å². The van der Waals surface area contributed by atoms with Crippen LogP contribution in [0.2, 0.25) is 0 Å². The van der Waals surface area contributed by atoms with Crippen molar-refractivity contribution in [1.82, 2.24) is 9.80 Å². The lowest BCUT2D eigenvalue weighted by Crippen LogP contribution is -2.33. The molecular weight excluding hydrogens is 925 g/mol. The van der Waals surface area contributed by atoms with Gasteiger partial charge in [0.15, 0.2) is 0 Å². The van der Waals surface area contributed by atoms with E-state index in [0.29, 0.717) is 36.1 Å². The fraction of sp³-hybridized carbons (Fsp3) is 0.542. The molecule has 2 amide bonds. The molecule has 0 saturated heterocycles. The molecule has 0 aliphatic carbocycles. The Morgan fingerprint density at radius 2 is 0.879 bits per heavy atom. The van der Waals surface area contributed by atoms with Gasteiger partial charge in [-0.25, -0.2) is 0 Å². The third-order valence-electron chi connectivity index (χ3n) is 11.5. The number of carbonyl (C=O) groups is 2. The van der Waals surface area contributed by atoms with E-state index in [2.05, 4.69) is 110 Å². The van der Waals surface area contributed by atoms with E-state index in [0.717, 1.165) is 59.7 Å². The zero-order valence-corrected chi connectivity index (χ0v) is 41.9. The quantitative estimate of drug-likeness (QED) is 0.0657. The van der Waals surface area contributed by atoms with Gasteiger partial charge in [0.25, 0.3) is 11.8 Å². The first-order valence-electron chi connectivity index (χ1n) is 22.0. The summed E-state index contributed by atoms with van der Waals surface area (Å²) < 4.78 is 2.42. The summed E-state index contributed by atoms with van der Waals surface area (Å²) in [6.45, 7) is 14.6. The molecule has 6 heterocycles. The minimum absolute atomic E-state index is 0.0275. The molecule has 0 fully saturated rings. The highest BCUT2D eigenvalue weighted by Gasteiger charge is 2.50. The lowest BCUT2D eigenvalue weighted by atomic mass is 10.0. The Labute approximate surface area is 381 Å². The normalized spacial score (nSPS) is 15.5. The third kappa shape index (κ3) is 10.6. The second-order valence-corrected chi connectivity index (χ2v) is 23.4. The van der Waals surface area contributed by atoms with Crippen molar-refractivity contribution in [3.05, 3.63) is 76.0 Å². The number of hydrogen-bond donors (Lipinski definition) is 0. The van der Waals surface area contributed by atoms with Crippen molar-refractivity contribution in [1.29, 1.82) is 0 Å². The summed E-state index contributed by atoms with van der Waals surface area (Å²) in [6.07, 6.45) is 19.0. The minimum Gasteiger partial charge on any atom is -0.306 e. The summed E-state index contributed by atoms with van der Waals surface area (Å²) in [7, 11) is 0. The lowest BCUT2D eigenvalue weighted by molar-refractivity contribution is -0.124. The molecular formula is C48H62Br2N2O2S4. The Balaban J connectivity index is 1.39. The van der Waals surface area contributed by atoms with Gasteiger partial charge < -0.3 is 9.80 Å². The Morgan fingerprint density at radius 1 is 0.500 bits per heavy atom. The molecule has 2 unspecified atom stereocenters.